The van der Waals surface area contributed by atoms with Gasteiger partial charge in [-0.05, 0) is 18.2 Å². The first-order valence-corrected chi connectivity index (χ1v) is 7.60. The van der Waals surface area contributed by atoms with Gasteiger partial charge in [-0.25, -0.2) is 9.59 Å². The first kappa shape index (κ1) is 17.2. The topological polar surface area (TPSA) is 90.3 Å². The average Bonchev–Trinajstić information content (AvgIpc) is 2.45. The van der Waals surface area contributed by atoms with Crippen LogP contribution in [0.5, 0.6) is 0 Å². The van der Waals surface area contributed by atoms with Crippen LogP contribution < -0.4 is 11.0 Å². The number of nitrogens with one attached hydrogen (secondary N) is 1. The lowest BCUT2D eigenvalue weighted by Gasteiger charge is -2.19. The highest BCUT2D eigenvalue weighted by atomic mass is 32.2. The van der Waals surface area contributed by atoms with E-state index < -0.39 is 23.6 Å². The molecule has 0 fully saturated rings. The third-order valence-corrected chi connectivity index (χ3v) is 3.46. The van der Waals surface area contributed by atoms with Crippen molar-refractivity contribution < 1.29 is 14.3 Å². The Balaban J connectivity index is 2.77. The van der Waals surface area contributed by atoms with Crippen LogP contribution in [0.15, 0.2) is 22.1 Å². The lowest BCUT2D eigenvalue weighted by atomic mass is 10.0. The minimum Gasteiger partial charge on any atom is -0.467 e. The zero-order chi connectivity index (χ0) is 16.0. The van der Waals surface area contributed by atoms with Crippen LogP contribution >= 0.6 is 11.8 Å². The number of esters is 1. The SMILES string of the molecule is COC(=O)[C@@H](NC(=O)Cn1ccc(SC)nc1=O)C(C)C. The van der Waals surface area contributed by atoms with Crippen LogP contribution in [-0.2, 0) is 20.9 Å². The molecule has 7 nitrogen and oxygen atoms in total. The van der Waals surface area contributed by atoms with Crippen molar-refractivity contribution in [3.63, 3.8) is 0 Å². The molecular weight excluding hydrogens is 294 g/mol. The Labute approximate surface area is 127 Å². The molecular formula is C13H19N3O4S. The van der Waals surface area contributed by atoms with Gasteiger partial charge in [0.2, 0.25) is 5.91 Å². The zero-order valence-corrected chi connectivity index (χ0v) is 13.3. The number of hydrogen-bond donors (Lipinski definition) is 1. The highest BCUT2D eigenvalue weighted by Gasteiger charge is 2.24. The number of carbonyl (C=O) groups is 2. The predicted molar refractivity (Wildman–Crippen MR) is 79.1 cm³/mol. The molecule has 0 spiro atoms. The molecule has 1 amide bonds. The van der Waals surface area contributed by atoms with Gasteiger partial charge in [0.25, 0.3) is 0 Å². The number of hydrogen-bond acceptors (Lipinski definition) is 6. The molecule has 0 radical (unpaired) electrons. The van der Waals surface area contributed by atoms with Gasteiger partial charge in [0, 0.05) is 6.20 Å². The van der Waals surface area contributed by atoms with Crippen LogP contribution in [0.25, 0.3) is 0 Å². The monoisotopic (exact) mass is 313 g/mol. The highest BCUT2D eigenvalue weighted by molar-refractivity contribution is 7.98. The largest absolute Gasteiger partial charge is 0.467 e. The van der Waals surface area contributed by atoms with Gasteiger partial charge in [-0.15, -0.1) is 11.8 Å². The Kier molecular flexibility index (Phi) is 6.41. The summed E-state index contributed by atoms with van der Waals surface area (Å²) in [5.74, 6) is -1.07. The van der Waals surface area contributed by atoms with E-state index in [1.54, 1.807) is 19.9 Å². The highest BCUT2D eigenvalue weighted by Crippen LogP contribution is 2.07. The van der Waals surface area contributed by atoms with Crippen LogP contribution in [0, 0.1) is 5.92 Å². The average molecular weight is 313 g/mol. The normalized spacial score (nSPS) is 12.0. The number of carbonyl (C=O) groups excluding carboxylic acids is 2. The van der Waals surface area contributed by atoms with E-state index >= 15 is 0 Å². The van der Waals surface area contributed by atoms with Gasteiger partial charge in [0.05, 0.1) is 7.11 Å². The summed E-state index contributed by atoms with van der Waals surface area (Å²) in [6.07, 6.45) is 3.31. The Morgan fingerprint density at radius 3 is 2.62 bits per heavy atom. The second-order valence-corrected chi connectivity index (χ2v) is 5.52. The van der Waals surface area contributed by atoms with Gasteiger partial charge >= 0.3 is 11.7 Å². The third kappa shape index (κ3) is 4.89. The molecule has 1 rings (SSSR count). The molecule has 1 N–H and O–H groups in total. The van der Waals surface area contributed by atoms with E-state index in [4.69, 9.17) is 0 Å². The summed E-state index contributed by atoms with van der Waals surface area (Å²) < 4.78 is 5.83. The number of rotatable bonds is 6. The van der Waals surface area contributed by atoms with Crippen molar-refractivity contribution in [2.24, 2.45) is 5.92 Å². The molecule has 0 aliphatic rings. The number of nitrogens with zero attached hydrogens (tertiary/aromatic N) is 2. The molecule has 0 unspecified atom stereocenters. The van der Waals surface area contributed by atoms with E-state index in [0.29, 0.717) is 5.03 Å². The minimum absolute atomic E-state index is 0.116. The second kappa shape index (κ2) is 7.82. The molecule has 0 bridgehead atoms. The summed E-state index contributed by atoms with van der Waals surface area (Å²) in [6.45, 7) is 3.40. The van der Waals surface area contributed by atoms with Crippen LogP contribution in [0.2, 0.25) is 0 Å². The van der Waals surface area contributed by atoms with E-state index in [1.807, 2.05) is 6.26 Å². The summed E-state index contributed by atoms with van der Waals surface area (Å²) in [5.41, 5.74) is -0.504. The van der Waals surface area contributed by atoms with E-state index in [-0.39, 0.29) is 12.5 Å². The van der Waals surface area contributed by atoms with E-state index in [0.717, 1.165) is 0 Å². The number of thioether (sulfide) groups is 1. The maximum Gasteiger partial charge on any atom is 0.349 e. The summed E-state index contributed by atoms with van der Waals surface area (Å²) in [5, 5.41) is 3.15. The quantitative estimate of drug-likeness (QED) is 0.461. The Bertz CT molecular complexity index is 571. The van der Waals surface area contributed by atoms with E-state index in [1.165, 1.54) is 29.6 Å². The number of methoxy groups -OCH3 is 1. The van der Waals surface area contributed by atoms with E-state index in [2.05, 4.69) is 15.0 Å². The summed E-state index contributed by atoms with van der Waals surface area (Å²) in [6, 6.07) is 0.913. The molecule has 116 valence electrons. The van der Waals surface area contributed by atoms with Crippen molar-refractivity contribution in [2.75, 3.05) is 13.4 Å². The van der Waals surface area contributed by atoms with Gasteiger partial charge in [0.15, 0.2) is 0 Å². The van der Waals surface area contributed by atoms with Crippen LogP contribution in [0.4, 0.5) is 0 Å². The van der Waals surface area contributed by atoms with Gasteiger partial charge < -0.3 is 10.1 Å². The molecule has 0 saturated heterocycles. The van der Waals surface area contributed by atoms with Crippen molar-refractivity contribution in [3.05, 3.63) is 22.7 Å². The first-order chi connectivity index (χ1) is 9.88. The molecule has 0 aromatic carbocycles. The van der Waals surface area contributed by atoms with Crippen LogP contribution in [0.1, 0.15) is 13.8 Å². The van der Waals surface area contributed by atoms with Crippen LogP contribution in [0.3, 0.4) is 0 Å². The Morgan fingerprint density at radius 2 is 2.14 bits per heavy atom. The molecule has 0 aliphatic heterocycles. The van der Waals surface area contributed by atoms with Crippen molar-refractivity contribution in [3.8, 4) is 0 Å². The first-order valence-electron chi connectivity index (χ1n) is 6.37. The summed E-state index contributed by atoms with van der Waals surface area (Å²) in [4.78, 5) is 39.0. The zero-order valence-electron chi connectivity index (χ0n) is 12.5. The maximum atomic E-state index is 11.9. The third-order valence-electron chi connectivity index (χ3n) is 2.81. The fourth-order valence-electron chi connectivity index (χ4n) is 1.65. The molecule has 1 aromatic heterocycles. The van der Waals surface area contributed by atoms with Crippen molar-refractivity contribution in [1.82, 2.24) is 14.9 Å². The fourth-order valence-corrected chi connectivity index (χ4v) is 2.01. The molecule has 0 aliphatic carbocycles. The lowest BCUT2D eigenvalue weighted by molar-refractivity contribution is -0.146. The Hall–Kier alpha value is -1.83. The van der Waals surface area contributed by atoms with Crippen molar-refractivity contribution >= 4 is 23.6 Å². The van der Waals surface area contributed by atoms with Gasteiger partial charge in [-0.2, -0.15) is 4.98 Å². The standard InChI is InChI=1S/C13H19N3O4S/c1-8(2)11(12(18)20-3)14-9(17)7-16-6-5-10(21-4)15-13(16)19/h5-6,8,11H,7H2,1-4H3,(H,14,17)/t11-/m0/s1. The molecule has 1 aromatic rings. The number of ether oxygens (including phenoxy) is 1. The molecule has 0 saturated carbocycles. The molecule has 1 atom stereocenters. The van der Waals surface area contributed by atoms with Crippen molar-refractivity contribution in [1.29, 1.82) is 0 Å². The minimum atomic E-state index is -0.739. The fraction of sp³-hybridized carbons (Fsp3) is 0.538. The Morgan fingerprint density at radius 1 is 1.48 bits per heavy atom. The summed E-state index contributed by atoms with van der Waals surface area (Å²) >= 11 is 1.35. The molecule has 1 heterocycles. The smallest absolute Gasteiger partial charge is 0.349 e. The number of aromatic nitrogens is 2. The predicted octanol–water partition coefficient (Wildman–Crippen LogP) is 0.279. The van der Waals surface area contributed by atoms with E-state index in [9.17, 15) is 14.4 Å². The molecule has 21 heavy (non-hydrogen) atoms. The van der Waals surface area contributed by atoms with Gasteiger partial charge in [-0.3, -0.25) is 9.36 Å². The number of amides is 1. The second-order valence-electron chi connectivity index (χ2n) is 4.69. The van der Waals surface area contributed by atoms with Gasteiger partial charge in [0.1, 0.15) is 17.6 Å². The lowest BCUT2D eigenvalue weighted by Crippen LogP contribution is -2.46. The maximum absolute atomic E-state index is 11.9. The summed E-state index contributed by atoms with van der Waals surface area (Å²) in [7, 11) is 1.26. The van der Waals surface area contributed by atoms with Gasteiger partial charge in [-0.1, -0.05) is 13.8 Å². The van der Waals surface area contributed by atoms with Crippen LogP contribution in [-0.4, -0.2) is 40.8 Å². The molecule has 8 heteroatoms. The van der Waals surface area contributed by atoms with Crippen molar-refractivity contribution in [2.45, 2.75) is 31.5 Å².